The first-order valence-electron chi connectivity index (χ1n) is 7.54. The summed E-state index contributed by atoms with van der Waals surface area (Å²) >= 11 is 0. The second-order valence-electron chi connectivity index (χ2n) is 5.34. The molecule has 25 heavy (non-hydrogen) atoms. The minimum atomic E-state index is -0.472. The topological polar surface area (TPSA) is 102 Å². The zero-order valence-electron chi connectivity index (χ0n) is 13.4. The van der Waals surface area contributed by atoms with Crippen LogP contribution in [0.2, 0.25) is 0 Å². The van der Waals surface area contributed by atoms with Gasteiger partial charge in [0.25, 0.3) is 5.56 Å². The second-order valence-corrected chi connectivity index (χ2v) is 5.34. The first-order valence-corrected chi connectivity index (χ1v) is 7.54. The Morgan fingerprint density at radius 2 is 1.72 bits per heavy atom. The summed E-state index contributed by atoms with van der Waals surface area (Å²) in [6.07, 6.45) is 0. The van der Waals surface area contributed by atoms with E-state index in [9.17, 15) is 15.2 Å². The van der Waals surface area contributed by atoms with Gasteiger partial charge in [0.15, 0.2) is 0 Å². The van der Waals surface area contributed by atoms with Crippen molar-refractivity contribution < 1.29 is 5.11 Å². The van der Waals surface area contributed by atoms with E-state index in [1.807, 2.05) is 36.4 Å². The molecule has 0 aliphatic heterocycles. The number of pyridine rings is 1. The number of aromatic nitrogens is 1. The highest BCUT2D eigenvalue weighted by Gasteiger charge is 2.15. The molecule has 2 N–H and O–H groups in total. The van der Waals surface area contributed by atoms with Crippen LogP contribution < -0.4 is 5.56 Å². The van der Waals surface area contributed by atoms with Crippen LogP contribution in [0.3, 0.4) is 0 Å². The summed E-state index contributed by atoms with van der Waals surface area (Å²) in [5, 5.41) is 27.3. The molecule has 6 heteroatoms. The number of rotatable bonds is 3. The molecule has 1 heterocycles. The van der Waals surface area contributed by atoms with Crippen molar-refractivity contribution in [2.75, 3.05) is 0 Å². The quantitative estimate of drug-likeness (QED) is 0.698. The van der Waals surface area contributed by atoms with Gasteiger partial charge in [-0.1, -0.05) is 42.5 Å². The highest BCUT2D eigenvalue weighted by Crippen LogP contribution is 2.34. The lowest BCUT2D eigenvalue weighted by atomic mass is 10.0. The SMILES string of the molecule is Cc1c(N=Nc2ccccc2O)c(-c2ccccc2)[nH]c(=O)c1C#N. The van der Waals surface area contributed by atoms with Gasteiger partial charge in [-0.2, -0.15) is 5.26 Å². The third-order valence-corrected chi connectivity index (χ3v) is 3.75. The molecule has 0 unspecified atom stereocenters. The monoisotopic (exact) mass is 330 g/mol. The van der Waals surface area contributed by atoms with Crippen molar-refractivity contribution in [2.24, 2.45) is 10.2 Å². The number of benzene rings is 2. The lowest BCUT2D eigenvalue weighted by molar-refractivity contribution is 0.476. The van der Waals surface area contributed by atoms with Crippen LogP contribution >= 0.6 is 0 Å². The molecule has 0 amide bonds. The van der Waals surface area contributed by atoms with Crippen LogP contribution in [-0.4, -0.2) is 10.1 Å². The summed E-state index contributed by atoms with van der Waals surface area (Å²) < 4.78 is 0. The molecule has 0 saturated heterocycles. The molecule has 0 saturated carbocycles. The minimum Gasteiger partial charge on any atom is -0.506 e. The van der Waals surface area contributed by atoms with Crippen LogP contribution in [0.25, 0.3) is 11.3 Å². The minimum absolute atomic E-state index is 0.00454. The molecule has 0 aliphatic rings. The Morgan fingerprint density at radius 3 is 2.40 bits per heavy atom. The fraction of sp³-hybridized carbons (Fsp3) is 0.0526. The third kappa shape index (κ3) is 3.16. The average Bonchev–Trinajstić information content (AvgIpc) is 2.63. The van der Waals surface area contributed by atoms with Gasteiger partial charge in [0.2, 0.25) is 0 Å². The number of azo groups is 1. The first kappa shape index (κ1) is 16.1. The Balaban J connectivity index is 2.22. The number of nitrogens with zero attached hydrogens (tertiary/aromatic N) is 3. The Morgan fingerprint density at radius 1 is 1.04 bits per heavy atom. The number of H-pyrrole nitrogens is 1. The summed E-state index contributed by atoms with van der Waals surface area (Å²) in [5.74, 6) is -0.00454. The van der Waals surface area contributed by atoms with E-state index in [-0.39, 0.29) is 11.3 Å². The van der Waals surface area contributed by atoms with Crippen LogP contribution in [0.4, 0.5) is 11.4 Å². The van der Waals surface area contributed by atoms with Crippen LogP contribution in [0.15, 0.2) is 69.6 Å². The summed E-state index contributed by atoms with van der Waals surface area (Å²) in [6, 6.07) is 17.6. The molecule has 0 aliphatic carbocycles. The average molecular weight is 330 g/mol. The van der Waals surface area contributed by atoms with Crippen LogP contribution in [0.1, 0.15) is 11.1 Å². The van der Waals surface area contributed by atoms with E-state index < -0.39 is 5.56 Å². The van der Waals surface area contributed by atoms with Crippen molar-refractivity contribution in [2.45, 2.75) is 6.92 Å². The maximum Gasteiger partial charge on any atom is 0.266 e. The Labute approximate surface area is 143 Å². The van der Waals surface area contributed by atoms with Gasteiger partial charge in [0.05, 0.1) is 5.69 Å². The zero-order valence-corrected chi connectivity index (χ0v) is 13.4. The molecule has 1 aromatic heterocycles. The van der Waals surface area contributed by atoms with Crippen LogP contribution in [-0.2, 0) is 0 Å². The van der Waals surface area contributed by atoms with Crippen molar-refractivity contribution in [1.29, 1.82) is 5.26 Å². The summed E-state index contributed by atoms with van der Waals surface area (Å²) in [5.41, 5.74) is 1.85. The first-order chi connectivity index (χ1) is 12.1. The smallest absolute Gasteiger partial charge is 0.266 e. The van der Waals surface area contributed by atoms with Gasteiger partial charge in [-0.25, -0.2) is 0 Å². The molecule has 2 aromatic carbocycles. The second kappa shape index (κ2) is 6.81. The predicted molar refractivity (Wildman–Crippen MR) is 94.2 cm³/mol. The van der Waals surface area contributed by atoms with Gasteiger partial charge in [-0.3, -0.25) is 4.79 Å². The van der Waals surface area contributed by atoms with E-state index in [4.69, 9.17) is 0 Å². The van der Waals surface area contributed by atoms with Crippen LogP contribution in [0, 0.1) is 18.3 Å². The maximum absolute atomic E-state index is 12.2. The highest BCUT2D eigenvalue weighted by atomic mass is 16.3. The summed E-state index contributed by atoms with van der Waals surface area (Å²) in [7, 11) is 0. The van der Waals surface area contributed by atoms with Crippen molar-refractivity contribution in [3.63, 3.8) is 0 Å². The number of phenols is 1. The van der Waals surface area contributed by atoms with Gasteiger partial charge >= 0.3 is 0 Å². The molecular weight excluding hydrogens is 316 g/mol. The number of aromatic hydroxyl groups is 1. The van der Waals surface area contributed by atoms with Crippen molar-refractivity contribution in [1.82, 2.24) is 4.98 Å². The van der Waals surface area contributed by atoms with Gasteiger partial charge in [0, 0.05) is 11.1 Å². The Hall–Kier alpha value is -3.72. The molecular formula is C19H14N4O2. The highest BCUT2D eigenvalue weighted by molar-refractivity contribution is 5.75. The number of aromatic amines is 1. The molecule has 122 valence electrons. The number of nitriles is 1. The normalized spacial score (nSPS) is 10.7. The molecule has 0 radical (unpaired) electrons. The Bertz CT molecular complexity index is 1050. The van der Waals surface area contributed by atoms with E-state index >= 15 is 0 Å². The molecule has 3 aromatic rings. The lowest BCUT2D eigenvalue weighted by Gasteiger charge is -2.09. The molecule has 0 fully saturated rings. The number of hydrogen-bond donors (Lipinski definition) is 2. The van der Waals surface area contributed by atoms with Gasteiger partial charge < -0.3 is 10.1 Å². The zero-order chi connectivity index (χ0) is 17.8. The Kier molecular flexibility index (Phi) is 4.40. The largest absolute Gasteiger partial charge is 0.506 e. The maximum atomic E-state index is 12.2. The van der Waals surface area contributed by atoms with Crippen molar-refractivity contribution >= 4 is 11.4 Å². The summed E-state index contributed by atoms with van der Waals surface area (Å²) in [6.45, 7) is 1.65. The fourth-order valence-electron chi connectivity index (χ4n) is 2.44. The molecule has 3 rings (SSSR count). The van der Waals surface area contributed by atoms with E-state index in [1.165, 1.54) is 6.07 Å². The number of hydrogen-bond acceptors (Lipinski definition) is 5. The number of nitrogens with one attached hydrogen (secondary N) is 1. The molecule has 0 bridgehead atoms. The third-order valence-electron chi connectivity index (χ3n) is 3.75. The molecule has 0 spiro atoms. The summed E-state index contributed by atoms with van der Waals surface area (Å²) in [4.78, 5) is 14.9. The van der Waals surface area contributed by atoms with E-state index in [1.54, 1.807) is 25.1 Å². The number of phenolic OH excluding ortho intramolecular Hbond substituents is 1. The van der Waals surface area contributed by atoms with Gasteiger partial charge in [-0.05, 0) is 19.1 Å². The van der Waals surface area contributed by atoms with E-state index in [2.05, 4.69) is 15.2 Å². The van der Waals surface area contributed by atoms with Gasteiger partial charge in [-0.15, -0.1) is 10.2 Å². The van der Waals surface area contributed by atoms with Crippen molar-refractivity contribution in [3.05, 3.63) is 76.1 Å². The standard InChI is InChI=1S/C19H14N4O2/c1-12-14(11-20)19(25)21-18(13-7-3-2-4-8-13)17(12)23-22-15-9-5-6-10-16(15)24/h2-10,24H,1H3,(H,21,25). The van der Waals surface area contributed by atoms with Gasteiger partial charge in [0.1, 0.15) is 28.8 Å². The molecule has 0 atom stereocenters. The number of para-hydroxylation sites is 1. The van der Waals surface area contributed by atoms with E-state index in [0.29, 0.717) is 22.6 Å². The lowest BCUT2D eigenvalue weighted by Crippen LogP contribution is -2.13. The predicted octanol–water partition coefficient (Wildman–Crippen LogP) is 4.34. The van der Waals surface area contributed by atoms with Crippen LogP contribution in [0.5, 0.6) is 5.75 Å². The van der Waals surface area contributed by atoms with E-state index in [0.717, 1.165) is 5.56 Å². The van der Waals surface area contributed by atoms with Crippen molar-refractivity contribution in [3.8, 4) is 23.1 Å². The fourth-order valence-corrected chi connectivity index (χ4v) is 2.44. The molecule has 6 nitrogen and oxygen atoms in total.